The summed E-state index contributed by atoms with van der Waals surface area (Å²) in [5, 5.41) is 6.89. The van der Waals surface area contributed by atoms with Crippen LogP contribution < -0.4 is 4.74 Å². The van der Waals surface area contributed by atoms with Gasteiger partial charge in [-0.1, -0.05) is 12.1 Å². The number of ether oxygens (including phenoxy) is 2. The van der Waals surface area contributed by atoms with E-state index >= 15 is 0 Å². The van der Waals surface area contributed by atoms with Gasteiger partial charge in [0.25, 0.3) is 0 Å². The maximum absolute atomic E-state index is 12.6. The fourth-order valence-electron chi connectivity index (χ4n) is 2.63. The van der Waals surface area contributed by atoms with Crippen molar-refractivity contribution in [1.29, 1.82) is 0 Å². The van der Waals surface area contributed by atoms with Crippen molar-refractivity contribution in [3.63, 3.8) is 0 Å². The lowest BCUT2D eigenvalue weighted by Crippen LogP contribution is -2.44. The molecule has 1 fully saturated rings. The summed E-state index contributed by atoms with van der Waals surface area (Å²) in [6.45, 7) is 1.66. The first-order valence-corrected chi connectivity index (χ1v) is 7.27. The fourth-order valence-corrected chi connectivity index (χ4v) is 2.63. The molecule has 1 aromatic heterocycles. The molecule has 1 N–H and O–H groups in total. The van der Waals surface area contributed by atoms with E-state index in [-0.39, 0.29) is 11.9 Å². The van der Waals surface area contributed by atoms with Crippen LogP contribution in [0.4, 0.5) is 0 Å². The summed E-state index contributed by atoms with van der Waals surface area (Å²) in [6, 6.07) is 9.36. The zero-order valence-electron chi connectivity index (χ0n) is 12.5. The lowest BCUT2D eigenvalue weighted by atomic mass is 10.1. The minimum Gasteiger partial charge on any atom is -0.497 e. The van der Waals surface area contributed by atoms with Gasteiger partial charge in [0, 0.05) is 12.7 Å². The first-order valence-electron chi connectivity index (χ1n) is 7.27. The number of carbonyl (C=O) groups is 1. The van der Waals surface area contributed by atoms with Crippen LogP contribution >= 0.6 is 0 Å². The molecule has 22 heavy (non-hydrogen) atoms. The Morgan fingerprint density at radius 1 is 1.41 bits per heavy atom. The Kier molecular flexibility index (Phi) is 4.39. The Hall–Kier alpha value is -2.34. The summed E-state index contributed by atoms with van der Waals surface area (Å²) in [7, 11) is 1.63. The van der Waals surface area contributed by atoms with Crippen molar-refractivity contribution < 1.29 is 14.3 Å². The first-order chi connectivity index (χ1) is 10.8. The first kappa shape index (κ1) is 14.6. The van der Waals surface area contributed by atoms with Crippen LogP contribution in [0.5, 0.6) is 5.75 Å². The quantitative estimate of drug-likeness (QED) is 0.930. The highest BCUT2D eigenvalue weighted by atomic mass is 16.5. The summed E-state index contributed by atoms with van der Waals surface area (Å²) < 4.78 is 10.6. The summed E-state index contributed by atoms with van der Waals surface area (Å²) in [6.07, 6.45) is 2.06. The van der Waals surface area contributed by atoms with Crippen LogP contribution in [0.25, 0.3) is 0 Å². The maximum Gasteiger partial charge on any atom is 0.227 e. The van der Waals surface area contributed by atoms with E-state index in [0.29, 0.717) is 26.2 Å². The molecule has 2 aromatic rings. The lowest BCUT2D eigenvalue weighted by molar-refractivity contribution is -0.139. The number of methoxy groups -OCH3 is 1. The van der Waals surface area contributed by atoms with Gasteiger partial charge in [0.2, 0.25) is 5.91 Å². The number of rotatable bonds is 4. The average molecular weight is 301 g/mol. The van der Waals surface area contributed by atoms with Crippen LogP contribution in [0.2, 0.25) is 0 Å². The van der Waals surface area contributed by atoms with Gasteiger partial charge < -0.3 is 14.4 Å². The molecule has 1 atom stereocenters. The smallest absolute Gasteiger partial charge is 0.227 e. The molecule has 0 spiro atoms. The number of hydrogen-bond acceptors (Lipinski definition) is 4. The fraction of sp³-hybridized carbons (Fsp3) is 0.375. The molecular formula is C16H19N3O3. The monoisotopic (exact) mass is 301 g/mol. The van der Waals surface area contributed by atoms with Crippen molar-refractivity contribution in [3.05, 3.63) is 47.8 Å². The Bertz CT molecular complexity index is 610. The minimum atomic E-state index is -0.0954. The third kappa shape index (κ3) is 3.12. The van der Waals surface area contributed by atoms with Crippen molar-refractivity contribution in [2.45, 2.75) is 12.5 Å². The van der Waals surface area contributed by atoms with Gasteiger partial charge in [-0.05, 0) is 23.8 Å². The molecule has 6 nitrogen and oxygen atoms in total. The summed E-state index contributed by atoms with van der Waals surface area (Å²) in [5.41, 5.74) is 1.88. The van der Waals surface area contributed by atoms with E-state index in [1.165, 1.54) is 0 Å². The zero-order chi connectivity index (χ0) is 15.4. The molecule has 1 aliphatic rings. The average Bonchev–Trinajstić information content (AvgIpc) is 3.10. The van der Waals surface area contributed by atoms with Crippen LogP contribution in [0.15, 0.2) is 36.5 Å². The molecule has 1 aromatic carbocycles. The predicted molar refractivity (Wildman–Crippen MR) is 80.6 cm³/mol. The molecule has 116 valence electrons. The van der Waals surface area contributed by atoms with E-state index in [0.717, 1.165) is 17.0 Å². The van der Waals surface area contributed by atoms with E-state index in [9.17, 15) is 4.79 Å². The van der Waals surface area contributed by atoms with Gasteiger partial charge in [0.1, 0.15) is 5.75 Å². The standard InChI is InChI=1S/C16H19N3O3/c1-21-13-4-2-12(3-5-13)10-16(20)19-8-9-22-11-15(19)14-6-7-17-18-14/h2-7,15H,8-11H2,1H3,(H,17,18). The number of benzene rings is 1. The lowest BCUT2D eigenvalue weighted by Gasteiger charge is -2.35. The molecular weight excluding hydrogens is 282 g/mol. The van der Waals surface area contributed by atoms with Gasteiger partial charge in [0.15, 0.2) is 0 Å². The number of aromatic amines is 1. The molecule has 6 heteroatoms. The number of aromatic nitrogens is 2. The Labute approximate surface area is 129 Å². The molecule has 1 saturated heterocycles. The van der Waals surface area contributed by atoms with E-state index in [1.54, 1.807) is 13.3 Å². The Morgan fingerprint density at radius 3 is 2.91 bits per heavy atom. The van der Waals surface area contributed by atoms with Crippen LogP contribution in [-0.4, -0.2) is 47.9 Å². The third-order valence-electron chi connectivity index (χ3n) is 3.84. The number of nitrogens with zero attached hydrogens (tertiary/aromatic N) is 2. The second-order valence-corrected chi connectivity index (χ2v) is 5.21. The molecule has 0 bridgehead atoms. The van der Waals surface area contributed by atoms with Crippen LogP contribution in [0.3, 0.4) is 0 Å². The molecule has 2 heterocycles. The minimum absolute atomic E-state index is 0.0908. The Morgan fingerprint density at radius 2 is 2.23 bits per heavy atom. The van der Waals surface area contributed by atoms with E-state index in [2.05, 4.69) is 10.2 Å². The molecule has 0 saturated carbocycles. The van der Waals surface area contributed by atoms with Gasteiger partial charge in [-0.25, -0.2) is 0 Å². The topological polar surface area (TPSA) is 67.4 Å². The molecule has 1 amide bonds. The van der Waals surface area contributed by atoms with Crippen LogP contribution in [-0.2, 0) is 16.0 Å². The van der Waals surface area contributed by atoms with Crippen LogP contribution in [0.1, 0.15) is 17.3 Å². The predicted octanol–water partition coefficient (Wildman–Crippen LogP) is 1.56. The number of H-pyrrole nitrogens is 1. The van der Waals surface area contributed by atoms with E-state index < -0.39 is 0 Å². The molecule has 1 unspecified atom stereocenters. The largest absolute Gasteiger partial charge is 0.497 e. The van der Waals surface area contributed by atoms with Crippen molar-refractivity contribution in [2.75, 3.05) is 26.9 Å². The zero-order valence-corrected chi connectivity index (χ0v) is 12.5. The molecule has 0 aliphatic carbocycles. The van der Waals surface area contributed by atoms with Crippen molar-refractivity contribution in [1.82, 2.24) is 15.1 Å². The van der Waals surface area contributed by atoms with E-state index in [1.807, 2.05) is 35.2 Å². The van der Waals surface area contributed by atoms with Gasteiger partial charge >= 0.3 is 0 Å². The van der Waals surface area contributed by atoms with Gasteiger partial charge in [-0.3, -0.25) is 9.89 Å². The van der Waals surface area contributed by atoms with Crippen molar-refractivity contribution in [3.8, 4) is 5.75 Å². The van der Waals surface area contributed by atoms with Gasteiger partial charge in [-0.15, -0.1) is 0 Å². The second-order valence-electron chi connectivity index (χ2n) is 5.21. The third-order valence-corrected chi connectivity index (χ3v) is 3.84. The second kappa shape index (κ2) is 6.62. The highest BCUT2D eigenvalue weighted by molar-refractivity contribution is 5.79. The number of nitrogens with one attached hydrogen (secondary N) is 1. The highest BCUT2D eigenvalue weighted by Crippen LogP contribution is 2.23. The normalized spacial score (nSPS) is 18.2. The SMILES string of the molecule is COc1ccc(CC(=O)N2CCOCC2c2ccn[nH]2)cc1. The number of carbonyl (C=O) groups excluding carboxylic acids is 1. The van der Waals surface area contributed by atoms with Gasteiger partial charge in [-0.2, -0.15) is 5.10 Å². The summed E-state index contributed by atoms with van der Waals surface area (Å²) in [4.78, 5) is 14.5. The number of hydrogen-bond donors (Lipinski definition) is 1. The summed E-state index contributed by atoms with van der Waals surface area (Å²) >= 11 is 0. The van der Waals surface area contributed by atoms with Gasteiger partial charge in [0.05, 0.1) is 38.5 Å². The van der Waals surface area contributed by atoms with Crippen molar-refractivity contribution in [2.24, 2.45) is 0 Å². The molecule has 0 radical (unpaired) electrons. The molecule has 1 aliphatic heterocycles. The maximum atomic E-state index is 12.6. The van der Waals surface area contributed by atoms with Crippen LogP contribution in [0, 0.1) is 0 Å². The van der Waals surface area contributed by atoms with E-state index in [4.69, 9.17) is 9.47 Å². The van der Waals surface area contributed by atoms with Crippen molar-refractivity contribution >= 4 is 5.91 Å². The number of morpholine rings is 1. The molecule has 3 rings (SSSR count). The Balaban J connectivity index is 1.71. The number of amides is 1. The highest BCUT2D eigenvalue weighted by Gasteiger charge is 2.29. The summed E-state index contributed by atoms with van der Waals surface area (Å²) in [5.74, 6) is 0.881.